The highest BCUT2D eigenvalue weighted by molar-refractivity contribution is 9.11. The van der Waals surface area contributed by atoms with Crippen molar-refractivity contribution >= 4 is 37.3 Å². The smallest absolute Gasteiger partial charge is 0.242 e. The minimum Gasteiger partial charge on any atom is -0.395 e. The maximum Gasteiger partial charge on any atom is 0.242 e. The lowest BCUT2D eigenvalue weighted by Gasteiger charge is -2.13. The molecule has 1 heterocycles. The Morgan fingerprint density at radius 2 is 2.25 bits per heavy atom. The van der Waals surface area contributed by atoms with Gasteiger partial charge in [-0.15, -0.1) is 11.3 Å². The van der Waals surface area contributed by atoms with Crippen LogP contribution in [0.3, 0.4) is 0 Å². The van der Waals surface area contributed by atoms with Gasteiger partial charge in [0.15, 0.2) is 0 Å². The molecule has 0 bridgehead atoms. The highest BCUT2D eigenvalue weighted by Gasteiger charge is 2.22. The molecule has 16 heavy (non-hydrogen) atoms. The maximum atomic E-state index is 12.0. The Bertz CT molecular complexity index is 451. The fourth-order valence-corrected chi connectivity index (χ4v) is 4.95. The third-order valence-electron chi connectivity index (χ3n) is 2.17. The van der Waals surface area contributed by atoms with Crippen molar-refractivity contribution in [2.75, 3.05) is 6.61 Å². The normalized spacial score (nSPS) is 14.0. The average Bonchev–Trinajstić information content (AvgIpc) is 2.55. The number of aryl methyl sites for hydroxylation is 1. The van der Waals surface area contributed by atoms with Gasteiger partial charge < -0.3 is 5.11 Å². The molecule has 1 atom stereocenters. The van der Waals surface area contributed by atoms with E-state index in [0.717, 1.165) is 8.66 Å². The molecule has 0 spiro atoms. The van der Waals surface area contributed by atoms with Crippen LogP contribution in [0.15, 0.2) is 14.7 Å². The van der Waals surface area contributed by atoms with Crippen LogP contribution in [0.25, 0.3) is 0 Å². The lowest BCUT2D eigenvalue weighted by Crippen LogP contribution is -2.36. The Labute approximate surface area is 108 Å². The number of halogens is 1. The predicted octanol–water partition coefficient (Wildman–Crippen LogP) is 1.87. The first-order valence-corrected chi connectivity index (χ1v) is 7.89. The van der Waals surface area contributed by atoms with Crippen molar-refractivity contribution in [3.63, 3.8) is 0 Å². The van der Waals surface area contributed by atoms with Gasteiger partial charge in [-0.25, -0.2) is 13.1 Å². The Morgan fingerprint density at radius 3 is 2.62 bits per heavy atom. The molecule has 0 radical (unpaired) electrons. The number of aliphatic hydroxyl groups is 1. The van der Waals surface area contributed by atoms with E-state index in [9.17, 15) is 8.42 Å². The molecule has 0 aromatic carbocycles. The van der Waals surface area contributed by atoms with Gasteiger partial charge in [0.2, 0.25) is 10.0 Å². The fourth-order valence-electron chi connectivity index (χ4n) is 1.23. The third-order valence-corrected chi connectivity index (χ3v) is 5.50. The number of aliphatic hydroxyl groups excluding tert-OH is 1. The molecular formula is C9H14BrNO3S2. The number of hydrogen-bond donors (Lipinski definition) is 2. The zero-order valence-electron chi connectivity index (χ0n) is 9.03. The van der Waals surface area contributed by atoms with Gasteiger partial charge in [0, 0.05) is 10.9 Å². The lowest BCUT2D eigenvalue weighted by molar-refractivity contribution is 0.254. The molecule has 1 aromatic rings. The molecule has 0 aliphatic rings. The van der Waals surface area contributed by atoms with Crippen LogP contribution in [0.5, 0.6) is 0 Å². The van der Waals surface area contributed by atoms with E-state index in [4.69, 9.17) is 5.11 Å². The summed E-state index contributed by atoms with van der Waals surface area (Å²) >= 11 is 4.63. The van der Waals surface area contributed by atoms with Crippen LogP contribution >= 0.6 is 27.3 Å². The molecule has 0 aliphatic carbocycles. The van der Waals surface area contributed by atoms with Crippen molar-refractivity contribution in [1.29, 1.82) is 0 Å². The van der Waals surface area contributed by atoms with E-state index in [2.05, 4.69) is 20.7 Å². The van der Waals surface area contributed by atoms with E-state index >= 15 is 0 Å². The quantitative estimate of drug-likeness (QED) is 0.867. The largest absolute Gasteiger partial charge is 0.395 e. The van der Waals surface area contributed by atoms with Crippen molar-refractivity contribution in [3.8, 4) is 0 Å². The second kappa shape index (κ2) is 5.59. The van der Waals surface area contributed by atoms with E-state index in [1.54, 1.807) is 13.0 Å². The lowest BCUT2D eigenvalue weighted by atomic mass is 10.3. The molecule has 1 rings (SSSR count). The standard InChI is InChI=1S/C9H14BrNO3S2/c1-3-7(5-12)11-16(13,14)8-4-9(10)15-6(8)2/h4,7,11-12H,3,5H2,1-2H3. The number of nitrogens with one attached hydrogen (secondary N) is 1. The predicted molar refractivity (Wildman–Crippen MR) is 68.2 cm³/mol. The highest BCUT2D eigenvalue weighted by atomic mass is 79.9. The first kappa shape index (κ1) is 14.1. The van der Waals surface area contributed by atoms with Crippen molar-refractivity contribution in [3.05, 3.63) is 14.7 Å². The Morgan fingerprint density at radius 1 is 1.62 bits per heavy atom. The number of rotatable bonds is 5. The highest BCUT2D eigenvalue weighted by Crippen LogP contribution is 2.29. The molecule has 1 aromatic heterocycles. The van der Waals surface area contributed by atoms with Gasteiger partial charge in [-0.05, 0) is 35.3 Å². The maximum absolute atomic E-state index is 12.0. The van der Waals surface area contributed by atoms with Gasteiger partial charge in [0.05, 0.1) is 15.3 Å². The number of thiophene rings is 1. The molecule has 4 nitrogen and oxygen atoms in total. The minimum absolute atomic E-state index is 0.194. The summed E-state index contributed by atoms with van der Waals surface area (Å²) in [6.07, 6.45) is 0.556. The van der Waals surface area contributed by atoms with Gasteiger partial charge in [-0.1, -0.05) is 6.92 Å². The van der Waals surface area contributed by atoms with Crippen LogP contribution < -0.4 is 4.72 Å². The monoisotopic (exact) mass is 327 g/mol. The summed E-state index contributed by atoms with van der Waals surface area (Å²) in [6.45, 7) is 3.38. The summed E-state index contributed by atoms with van der Waals surface area (Å²) in [5.74, 6) is 0. The molecule has 0 amide bonds. The zero-order chi connectivity index (χ0) is 12.3. The van der Waals surface area contributed by atoms with Crippen LogP contribution in [-0.2, 0) is 10.0 Å². The van der Waals surface area contributed by atoms with Gasteiger partial charge in [-0.2, -0.15) is 0 Å². The summed E-state index contributed by atoms with van der Waals surface area (Å²) in [5, 5.41) is 8.98. The summed E-state index contributed by atoms with van der Waals surface area (Å²) in [6, 6.07) is 1.15. The van der Waals surface area contributed by atoms with Gasteiger partial charge in [-0.3, -0.25) is 0 Å². The first-order valence-electron chi connectivity index (χ1n) is 4.79. The van der Waals surface area contributed by atoms with Crippen molar-refractivity contribution < 1.29 is 13.5 Å². The first-order chi connectivity index (χ1) is 7.40. The van der Waals surface area contributed by atoms with Gasteiger partial charge >= 0.3 is 0 Å². The van der Waals surface area contributed by atoms with Crippen LogP contribution in [0.4, 0.5) is 0 Å². The summed E-state index contributed by atoms with van der Waals surface area (Å²) in [7, 11) is -3.52. The van der Waals surface area contributed by atoms with E-state index in [1.807, 2.05) is 6.92 Å². The second-order valence-electron chi connectivity index (χ2n) is 3.38. The van der Waals surface area contributed by atoms with Crippen LogP contribution in [0, 0.1) is 6.92 Å². The van der Waals surface area contributed by atoms with Crippen LogP contribution in [-0.4, -0.2) is 26.2 Å². The van der Waals surface area contributed by atoms with Gasteiger partial charge in [0.25, 0.3) is 0 Å². The molecular weight excluding hydrogens is 314 g/mol. The van der Waals surface area contributed by atoms with Crippen LogP contribution in [0.2, 0.25) is 0 Å². The Kier molecular flexibility index (Phi) is 4.93. The van der Waals surface area contributed by atoms with E-state index in [1.165, 1.54) is 11.3 Å². The topological polar surface area (TPSA) is 66.4 Å². The van der Waals surface area contributed by atoms with Crippen molar-refractivity contribution in [2.24, 2.45) is 0 Å². The molecule has 1 unspecified atom stereocenters. The molecule has 0 saturated carbocycles. The minimum atomic E-state index is -3.52. The van der Waals surface area contributed by atoms with Gasteiger partial charge in [0.1, 0.15) is 0 Å². The molecule has 2 N–H and O–H groups in total. The summed E-state index contributed by atoms with van der Waals surface area (Å²) < 4.78 is 27.2. The number of hydrogen-bond acceptors (Lipinski definition) is 4. The van der Waals surface area contributed by atoms with E-state index in [-0.39, 0.29) is 11.5 Å². The molecule has 0 saturated heterocycles. The fraction of sp³-hybridized carbons (Fsp3) is 0.556. The third kappa shape index (κ3) is 3.27. The average molecular weight is 328 g/mol. The molecule has 92 valence electrons. The summed E-state index contributed by atoms with van der Waals surface area (Å²) in [5.41, 5.74) is 0. The molecule has 0 fully saturated rings. The molecule has 7 heteroatoms. The SMILES string of the molecule is CCC(CO)NS(=O)(=O)c1cc(Br)sc1C. The van der Waals surface area contributed by atoms with Crippen molar-refractivity contribution in [1.82, 2.24) is 4.72 Å². The Balaban J connectivity index is 2.98. The summed E-state index contributed by atoms with van der Waals surface area (Å²) in [4.78, 5) is 1.00. The van der Waals surface area contributed by atoms with E-state index in [0.29, 0.717) is 6.42 Å². The second-order valence-corrected chi connectivity index (χ2v) is 7.70. The number of sulfonamides is 1. The molecule has 0 aliphatic heterocycles. The zero-order valence-corrected chi connectivity index (χ0v) is 12.2. The Hall–Kier alpha value is 0.0500. The van der Waals surface area contributed by atoms with Crippen LogP contribution in [0.1, 0.15) is 18.2 Å². The van der Waals surface area contributed by atoms with Crippen molar-refractivity contribution in [2.45, 2.75) is 31.2 Å². The van der Waals surface area contributed by atoms with E-state index < -0.39 is 16.1 Å².